The van der Waals surface area contributed by atoms with Crippen molar-refractivity contribution in [1.29, 1.82) is 0 Å². The average Bonchev–Trinajstić information content (AvgIpc) is 3.66. The van der Waals surface area contributed by atoms with Gasteiger partial charge >= 0.3 is 0 Å². The molecule has 0 N–H and O–H groups in total. The lowest BCUT2D eigenvalue weighted by molar-refractivity contribution is 0.103. The monoisotopic (exact) mass is 795 g/mol. The van der Waals surface area contributed by atoms with Crippen LogP contribution in [0.2, 0.25) is 0 Å². The van der Waals surface area contributed by atoms with Gasteiger partial charge in [-0.25, -0.2) is 0 Å². The molecule has 1 aliphatic carbocycles. The van der Waals surface area contributed by atoms with E-state index in [4.69, 9.17) is 0 Å². The molecule has 2 heterocycles. The molecule has 62 heavy (non-hydrogen) atoms. The molecule has 0 fully saturated rings. The van der Waals surface area contributed by atoms with Crippen molar-refractivity contribution < 1.29 is 4.79 Å². The zero-order valence-corrected chi connectivity index (χ0v) is 34.5. The molecule has 12 rings (SSSR count). The first kappa shape index (κ1) is 35.9. The molecule has 0 spiro atoms. The summed E-state index contributed by atoms with van der Waals surface area (Å²) in [7, 11) is 0. The Morgan fingerprint density at radius 2 is 0.839 bits per heavy atom. The van der Waals surface area contributed by atoms with Crippen LogP contribution in [0.15, 0.2) is 212 Å². The second kappa shape index (κ2) is 13.8. The van der Waals surface area contributed by atoms with Crippen LogP contribution in [0.3, 0.4) is 0 Å². The van der Waals surface area contributed by atoms with Crippen molar-refractivity contribution in [2.75, 3.05) is 9.80 Å². The maximum Gasteiger partial charge on any atom is 0.193 e. The molecule has 2 aliphatic rings. The first-order valence-electron chi connectivity index (χ1n) is 21.3. The minimum absolute atomic E-state index is 0.101. The molecule has 0 atom stereocenters. The molecule has 0 saturated heterocycles. The topological polar surface area (TPSA) is 28.5 Å². The molecule has 4 nitrogen and oxygen atoms in total. The van der Waals surface area contributed by atoms with Gasteiger partial charge in [0.25, 0.3) is 0 Å². The number of ketones is 1. The predicted octanol–water partition coefficient (Wildman–Crippen LogP) is 15.2. The summed E-state index contributed by atoms with van der Waals surface area (Å²) in [5, 5.41) is 2.37. The maximum absolute atomic E-state index is 13.7. The molecule has 1 aromatic heterocycles. The highest BCUT2D eigenvalue weighted by molar-refractivity contribution is 6.14. The van der Waals surface area contributed by atoms with Crippen molar-refractivity contribution in [3.05, 3.63) is 235 Å². The number of fused-ring (bicyclic) bond motifs is 7. The smallest absolute Gasteiger partial charge is 0.193 e. The number of hydrogen-bond donors (Lipinski definition) is 0. The maximum atomic E-state index is 13.7. The van der Waals surface area contributed by atoms with Gasteiger partial charge in [-0.2, -0.15) is 0 Å². The predicted molar refractivity (Wildman–Crippen MR) is 257 cm³/mol. The number of benzene rings is 9. The Labute approximate surface area is 361 Å². The fraction of sp³-hybridized carbons (Fsp3) is 0.0517. The van der Waals surface area contributed by atoms with E-state index in [-0.39, 0.29) is 11.2 Å². The first-order chi connectivity index (χ1) is 30.4. The summed E-state index contributed by atoms with van der Waals surface area (Å²) in [6.45, 7) is 4.46. The quantitative estimate of drug-likeness (QED) is 0.174. The highest BCUT2D eigenvalue weighted by atomic mass is 16.1. The van der Waals surface area contributed by atoms with Gasteiger partial charge in [-0.15, -0.1) is 0 Å². The van der Waals surface area contributed by atoms with Gasteiger partial charge in [0.1, 0.15) is 0 Å². The SMILES string of the molecule is CC1(C)c2ccccc2C(=O)c2ccc(-c3cccc(-c4ccc5c(c4)c4cc(N6c7ccccc7N(c7ccccc7)c7ccccc76)ccc4n5-c4ccccc4)c3)cc21. The number of nitrogens with zero attached hydrogens (tertiary/aromatic N) is 3. The molecular weight excluding hydrogens is 755 g/mol. The Bertz CT molecular complexity index is 3370. The number of anilines is 6. The normalized spacial score (nSPS) is 13.7. The standard InChI is InChI=1S/C58H41N3O/c1-58(2)49-23-10-9-22-45(49)57(62)46-31-28-41(36-50(46)58)39-17-15-16-38(34-39)40-29-32-51-47(35-40)48-37-44(30-33-52(48)59(51)42-18-5-3-6-19-42)61-55-26-13-11-24-53(55)60(43-20-7-4-8-21-43)54-25-12-14-27-56(54)61/h3-37H,1-2H3. The summed E-state index contributed by atoms with van der Waals surface area (Å²) in [5.74, 6) is 0.101. The van der Waals surface area contributed by atoms with Crippen LogP contribution in [-0.2, 0) is 5.41 Å². The van der Waals surface area contributed by atoms with E-state index < -0.39 is 0 Å². The number of carbonyl (C=O) groups is 1. The Balaban J connectivity index is 1.00. The van der Waals surface area contributed by atoms with Crippen LogP contribution in [0.1, 0.15) is 40.9 Å². The van der Waals surface area contributed by atoms with Crippen LogP contribution in [0.5, 0.6) is 0 Å². The van der Waals surface area contributed by atoms with E-state index in [1.165, 1.54) is 10.8 Å². The third-order valence-corrected chi connectivity index (χ3v) is 13.1. The molecule has 294 valence electrons. The van der Waals surface area contributed by atoms with Gasteiger partial charge < -0.3 is 14.4 Å². The molecule has 10 aromatic rings. The Kier molecular flexibility index (Phi) is 8.00. The van der Waals surface area contributed by atoms with Gasteiger partial charge in [-0.3, -0.25) is 4.79 Å². The zero-order chi connectivity index (χ0) is 41.5. The van der Waals surface area contributed by atoms with Crippen molar-refractivity contribution in [2.45, 2.75) is 19.3 Å². The molecule has 4 heteroatoms. The molecule has 9 aromatic carbocycles. The lowest BCUT2D eigenvalue weighted by atomic mass is 9.68. The van der Waals surface area contributed by atoms with Gasteiger partial charge in [0, 0.05) is 44.4 Å². The molecule has 0 unspecified atom stereocenters. The molecule has 0 radical (unpaired) electrons. The fourth-order valence-electron chi connectivity index (χ4n) is 10.1. The van der Waals surface area contributed by atoms with Crippen molar-refractivity contribution in [2.24, 2.45) is 0 Å². The highest BCUT2D eigenvalue weighted by Crippen LogP contribution is 2.54. The Hall–Kier alpha value is -7.95. The zero-order valence-electron chi connectivity index (χ0n) is 34.5. The van der Waals surface area contributed by atoms with E-state index in [1.54, 1.807) is 0 Å². The van der Waals surface area contributed by atoms with Crippen LogP contribution < -0.4 is 9.80 Å². The highest BCUT2D eigenvalue weighted by Gasteiger charge is 2.37. The van der Waals surface area contributed by atoms with Crippen molar-refractivity contribution >= 4 is 61.7 Å². The number of carbonyl (C=O) groups excluding carboxylic acids is 1. The summed E-state index contributed by atoms with van der Waals surface area (Å²) in [5.41, 5.74) is 18.1. The first-order valence-corrected chi connectivity index (χ1v) is 21.3. The number of aromatic nitrogens is 1. The third-order valence-electron chi connectivity index (χ3n) is 13.1. The van der Waals surface area contributed by atoms with Crippen LogP contribution in [0.4, 0.5) is 34.1 Å². The number of hydrogen-bond acceptors (Lipinski definition) is 3. The van der Waals surface area contributed by atoms with Crippen LogP contribution in [-0.4, -0.2) is 10.4 Å². The second-order valence-corrected chi connectivity index (χ2v) is 16.9. The van der Waals surface area contributed by atoms with E-state index in [0.29, 0.717) is 0 Å². The van der Waals surface area contributed by atoms with E-state index in [9.17, 15) is 4.79 Å². The summed E-state index contributed by atoms with van der Waals surface area (Å²) in [4.78, 5) is 18.4. The second-order valence-electron chi connectivity index (χ2n) is 16.9. The van der Waals surface area contributed by atoms with Crippen LogP contribution >= 0.6 is 0 Å². The van der Waals surface area contributed by atoms with Crippen molar-refractivity contribution in [3.63, 3.8) is 0 Å². The number of rotatable bonds is 5. The van der Waals surface area contributed by atoms with Gasteiger partial charge in [0.05, 0.1) is 33.8 Å². The summed E-state index contributed by atoms with van der Waals surface area (Å²) in [6.07, 6.45) is 0. The number of para-hydroxylation sites is 6. The minimum Gasteiger partial charge on any atom is -0.309 e. The Morgan fingerprint density at radius 3 is 1.50 bits per heavy atom. The summed E-state index contributed by atoms with van der Waals surface area (Å²) in [6, 6.07) is 75.7. The lowest BCUT2D eigenvalue weighted by Gasteiger charge is -2.40. The molecule has 0 bridgehead atoms. The third kappa shape index (κ3) is 5.43. The Morgan fingerprint density at radius 1 is 0.355 bits per heavy atom. The van der Waals surface area contributed by atoms with E-state index in [2.05, 4.69) is 216 Å². The molecular formula is C58H41N3O. The van der Waals surface area contributed by atoms with Gasteiger partial charge in [0.2, 0.25) is 0 Å². The largest absolute Gasteiger partial charge is 0.309 e. The van der Waals surface area contributed by atoms with Gasteiger partial charge in [-0.1, -0.05) is 135 Å². The summed E-state index contributed by atoms with van der Waals surface area (Å²) >= 11 is 0. The van der Waals surface area contributed by atoms with Crippen molar-refractivity contribution in [1.82, 2.24) is 4.57 Å². The fourth-order valence-corrected chi connectivity index (χ4v) is 10.1. The van der Waals surface area contributed by atoms with Gasteiger partial charge in [0.15, 0.2) is 5.78 Å². The van der Waals surface area contributed by atoms with Crippen LogP contribution in [0.25, 0.3) is 49.7 Å². The van der Waals surface area contributed by atoms with E-state index in [0.717, 1.165) is 95.4 Å². The lowest BCUT2D eigenvalue weighted by Crippen LogP contribution is -2.30. The van der Waals surface area contributed by atoms with Crippen molar-refractivity contribution in [3.8, 4) is 27.9 Å². The minimum atomic E-state index is -0.302. The molecule has 0 saturated carbocycles. The van der Waals surface area contributed by atoms with Crippen LogP contribution in [0, 0.1) is 0 Å². The van der Waals surface area contributed by atoms with Gasteiger partial charge in [-0.05, 0) is 124 Å². The van der Waals surface area contributed by atoms with E-state index in [1.807, 2.05) is 24.3 Å². The average molecular weight is 796 g/mol. The summed E-state index contributed by atoms with van der Waals surface area (Å²) < 4.78 is 2.39. The molecule has 0 amide bonds. The van der Waals surface area contributed by atoms with E-state index >= 15 is 0 Å². The molecule has 1 aliphatic heterocycles.